The highest BCUT2D eigenvalue weighted by Gasteiger charge is 2.22. The maximum absolute atomic E-state index is 5.46. The Morgan fingerprint density at radius 2 is 1.83 bits per heavy atom. The molecule has 0 aliphatic heterocycles. The predicted octanol–water partition coefficient (Wildman–Crippen LogP) is 2.90. The van der Waals surface area contributed by atoms with Gasteiger partial charge in [-0.3, -0.25) is 4.90 Å². The van der Waals surface area contributed by atoms with E-state index in [1.807, 2.05) is 0 Å². The Hall–Kier alpha value is -0.120. The molecule has 0 fully saturated rings. The largest absolute Gasteiger partial charge is 0.380 e. The van der Waals surface area contributed by atoms with E-state index in [4.69, 9.17) is 4.74 Å². The van der Waals surface area contributed by atoms with Crippen molar-refractivity contribution in [2.24, 2.45) is 0 Å². The Bertz CT molecular complexity index is 176. The molecule has 1 N–H and O–H groups in total. The van der Waals surface area contributed by atoms with Crippen LogP contribution in [0.5, 0.6) is 0 Å². The first-order valence-electron chi connectivity index (χ1n) is 7.72. The molecule has 0 aromatic heterocycles. The first-order chi connectivity index (χ1) is 8.71. The molecular weight excluding hydrogens is 224 g/mol. The highest BCUT2D eigenvalue weighted by molar-refractivity contribution is 4.82. The van der Waals surface area contributed by atoms with Crippen molar-refractivity contribution in [3.05, 3.63) is 0 Å². The zero-order chi connectivity index (χ0) is 13.8. The van der Waals surface area contributed by atoms with E-state index in [9.17, 15) is 0 Å². The van der Waals surface area contributed by atoms with Gasteiger partial charge in [0.2, 0.25) is 0 Å². The lowest BCUT2D eigenvalue weighted by Crippen LogP contribution is -2.49. The van der Waals surface area contributed by atoms with Gasteiger partial charge in [0.15, 0.2) is 0 Å². The summed E-state index contributed by atoms with van der Waals surface area (Å²) >= 11 is 0. The molecule has 0 aliphatic carbocycles. The van der Waals surface area contributed by atoms with Crippen LogP contribution in [-0.2, 0) is 4.74 Å². The molecule has 0 amide bonds. The normalized spacial score (nSPS) is 15.0. The summed E-state index contributed by atoms with van der Waals surface area (Å²) in [6, 6.07) is 1.24. The lowest BCUT2D eigenvalue weighted by molar-refractivity contribution is 0.0943. The van der Waals surface area contributed by atoms with Crippen molar-refractivity contribution >= 4 is 0 Å². The highest BCUT2D eigenvalue weighted by Crippen LogP contribution is 2.12. The fourth-order valence-corrected chi connectivity index (χ4v) is 2.49. The van der Waals surface area contributed by atoms with Gasteiger partial charge in [-0.05, 0) is 39.8 Å². The first-order valence-corrected chi connectivity index (χ1v) is 7.72. The molecule has 0 aromatic rings. The van der Waals surface area contributed by atoms with Gasteiger partial charge >= 0.3 is 0 Å². The monoisotopic (exact) mass is 258 g/mol. The average Bonchev–Trinajstić information content (AvgIpc) is 2.37. The molecule has 0 aromatic carbocycles. The van der Waals surface area contributed by atoms with Crippen molar-refractivity contribution < 1.29 is 4.74 Å². The lowest BCUT2D eigenvalue weighted by Gasteiger charge is -2.34. The third-order valence-electron chi connectivity index (χ3n) is 3.50. The zero-order valence-corrected chi connectivity index (χ0v) is 13.2. The van der Waals surface area contributed by atoms with Crippen molar-refractivity contribution in [1.29, 1.82) is 0 Å². The highest BCUT2D eigenvalue weighted by atomic mass is 16.5. The second kappa shape index (κ2) is 11.9. The van der Waals surface area contributed by atoms with Crippen LogP contribution < -0.4 is 5.32 Å². The van der Waals surface area contributed by atoms with Crippen LogP contribution >= 0.6 is 0 Å². The standard InChI is InChI=1S/C15H34N2O/c1-6-10-14(16-11-7-2)15(8-3)17(5)12-13-18-9-4/h14-16H,6-13H2,1-5H3. The van der Waals surface area contributed by atoms with E-state index in [1.165, 1.54) is 25.7 Å². The van der Waals surface area contributed by atoms with E-state index in [2.05, 4.69) is 45.0 Å². The number of hydrogen-bond acceptors (Lipinski definition) is 3. The Labute approximate surface area is 114 Å². The van der Waals surface area contributed by atoms with Gasteiger partial charge in [-0.2, -0.15) is 0 Å². The van der Waals surface area contributed by atoms with Crippen LogP contribution in [0.4, 0.5) is 0 Å². The number of hydrogen-bond donors (Lipinski definition) is 1. The Morgan fingerprint density at radius 3 is 2.33 bits per heavy atom. The van der Waals surface area contributed by atoms with E-state index >= 15 is 0 Å². The predicted molar refractivity (Wildman–Crippen MR) is 80.2 cm³/mol. The minimum Gasteiger partial charge on any atom is -0.380 e. The molecule has 3 nitrogen and oxygen atoms in total. The molecule has 3 heteroatoms. The molecule has 110 valence electrons. The average molecular weight is 258 g/mol. The molecule has 0 aliphatic rings. The maximum atomic E-state index is 5.46. The van der Waals surface area contributed by atoms with Crippen LogP contribution in [0.3, 0.4) is 0 Å². The molecule has 2 atom stereocenters. The summed E-state index contributed by atoms with van der Waals surface area (Å²) in [6.07, 6.45) is 4.91. The SMILES string of the molecule is CCCNC(CCC)C(CC)N(C)CCOCC. The molecule has 0 radical (unpaired) electrons. The summed E-state index contributed by atoms with van der Waals surface area (Å²) in [5.74, 6) is 0. The van der Waals surface area contributed by atoms with Crippen LogP contribution in [-0.4, -0.2) is 50.3 Å². The molecule has 18 heavy (non-hydrogen) atoms. The van der Waals surface area contributed by atoms with Gasteiger partial charge in [0.05, 0.1) is 6.61 Å². The molecule has 0 bridgehead atoms. The molecule has 0 saturated carbocycles. The Balaban J connectivity index is 4.26. The summed E-state index contributed by atoms with van der Waals surface area (Å²) in [7, 11) is 2.23. The summed E-state index contributed by atoms with van der Waals surface area (Å²) in [4.78, 5) is 2.46. The minimum atomic E-state index is 0.617. The van der Waals surface area contributed by atoms with Gasteiger partial charge in [0.1, 0.15) is 0 Å². The lowest BCUT2D eigenvalue weighted by atomic mass is 9.99. The van der Waals surface area contributed by atoms with Crippen molar-refractivity contribution in [3.63, 3.8) is 0 Å². The van der Waals surface area contributed by atoms with Gasteiger partial charge in [-0.1, -0.05) is 27.2 Å². The van der Waals surface area contributed by atoms with Gasteiger partial charge in [0, 0.05) is 25.2 Å². The fourth-order valence-electron chi connectivity index (χ4n) is 2.49. The smallest absolute Gasteiger partial charge is 0.0593 e. The van der Waals surface area contributed by atoms with Crippen molar-refractivity contribution in [3.8, 4) is 0 Å². The van der Waals surface area contributed by atoms with E-state index in [1.54, 1.807) is 0 Å². The molecule has 0 saturated heterocycles. The Kier molecular flexibility index (Phi) is 11.9. The second-order valence-electron chi connectivity index (χ2n) is 5.00. The van der Waals surface area contributed by atoms with Gasteiger partial charge < -0.3 is 10.1 Å². The number of ether oxygens (including phenoxy) is 1. The quantitative estimate of drug-likeness (QED) is 0.545. The van der Waals surface area contributed by atoms with E-state index in [0.717, 1.165) is 26.3 Å². The fraction of sp³-hybridized carbons (Fsp3) is 1.00. The van der Waals surface area contributed by atoms with Crippen molar-refractivity contribution in [1.82, 2.24) is 10.2 Å². The van der Waals surface area contributed by atoms with Gasteiger partial charge in [-0.15, -0.1) is 0 Å². The summed E-state index contributed by atoms with van der Waals surface area (Å²) < 4.78 is 5.46. The zero-order valence-electron chi connectivity index (χ0n) is 13.2. The van der Waals surface area contributed by atoms with E-state index < -0.39 is 0 Å². The van der Waals surface area contributed by atoms with Crippen LogP contribution in [0.25, 0.3) is 0 Å². The second-order valence-corrected chi connectivity index (χ2v) is 5.00. The number of likely N-dealkylation sites (N-methyl/N-ethyl adjacent to an activating group) is 1. The number of nitrogens with zero attached hydrogens (tertiary/aromatic N) is 1. The van der Waals surface area contributed by atoms with Crippen LogP contribution in [0.1, 0.15) is 53.4 Å². The van der Waals surface area contributed by atoms with E-state index in [-0.39, 0.29) is 0 Å². The molecule has 0 spiro atoms. The summed E-state index contributed by atoms with van der Waals surface area (Å²) in [5, 5.41) is 3.71. The van der Waals surface area contributed by atoms with Crippen molar-refractivity contribution in [2.75, 3.05) is 33.4 Å². The van der Waals surface area contributed by atoms with Gasteiger partial charge in [0.25, 0.3) is 0 Å². The van der Waals surface area contributed by atoms with Crippen LogP contribution in [0.15, 0.2) is 0 Å². The third kappa shape index (κ3) is 7.34. The summed E-state index contributed by atoms with van der Waals surface area (Å²) in [6.45, 7) is 12.7. The van der Waals surface area contributed by atoms with Gasteiger partial charge in [-0.25, -0.2) is 0 Å². The summed E-state index contributed by atoms with van der Waals surface area (Å²) in [5.41, 5.74) is 0. The van der Waals surface area contributed by atoms with Crippen LogP contribution in [0, 0.1) is 0 Å². The molecule has 0 rings (SSSR count). The molecule has 2 unspecified atom stereocenters. The number of nitrogens with one attached hydrogen (secondary N) is 1. The van der Waals surface area contributed by atoms with Crippen LogP contribution in [0.2, 0.25) is 0 Å². The molecule has 0 heterocycles. The molecular formula is C15H34N2O. The Morgan fingerprint density at radius 1 is 1.11 bits per heavy atom. The van der Waals surface area contributed by atoms with E-state index in [0.29, 0.717) is 12.1 Å². The first kappa shape index (κ1) is 17.9. The topological polar surface area (TPSA) is 24.5 Å². The maximum Gasteiger partial charge on any atom is 0.0593 e. The minimum absolute atomic E-state index is 0.617. The van der Waals surface area contributed by atoms with Crippen molar-refractivity contribution in [2.45, 2.75) is 65.5 Å². The third-order valence-corrected chi connectivity index (χ3v) is 3.50. The number of rotatable bonds is 12.